The predicted molar refractivity (Wildman–Crippen MR) is 72.6 cm³/mol. The highest BCUT2D eigenvalue weighted by atomic mass is 19.1. The van der Waals surface area contributed by atoms with Crippen molar-refractivity contribution >= 4 is 11.6 Å². The number of hydrogen-bond acceptors (Lipinski definition) is 3. The maximum Gasteiger partial charge on any atom is 0.246 e. The van der Waals surface area contributed by atoms with E-state index in [-0.39, 0.29) is 11.7 Å². The second-order valence-electron chi connectivity index (χ2n) is 4.76. The van der Waals surface area contributed by atoms with Gasteiger partial charge in [-0.25, -0.2) is 9.37 Å². The lowest BCUT2D eigenvalue weighted by Crippen LogP contribution is -2.28. The number of halogens is 1. The van der Waals surface area contributed by atoms with Gasteiger partial charge in [0.05, 0.1) is 6.33 Å². The van der Waals surface area contributed by atoms with E-state index in [0.717, 1.165) is 18.5 Å². The van der Waals surface area contributed by atoms with E-state index in [9.17, 15) is 9.18 Å². The minimum atomic E-state index is -0.395. The molecule has 1 aliphatic heterocycles. The Labute approximate surface area is 115 Å². The van der Waals surface area contributed by atoms with Crippen molar-refractivity contribution in [2.75, 3.05) is 11.9 Å². The third kappa shape index (κ3) is 2.55. The van der Waals surface area contributed by atoms with Gasteiger partial charge < -0.3 is 15.2 Å². The molecule has 1 aromatic carbocycles. The van der Waals surface area contributed by atoms with Crippen LogP contribution in [0.25, 0.3) is 0 Å². The summed E-state index contributed by atoms with van der Waals surface area (Å²) in [7, 11) is 0. The van der Waals surface area contributed by atoms with E-state index < -0.39 is 6.04 Å². The second-order valence-corrected chi connectivity index (χ2v) is 4.76. The molecule has 0 radical (unpaired) electrons. The molecule has 6 heteroatoms. The Balaban J connectivity index is 1.57. The van der Waals surface area contributed by atoms with Crippen LogP contribution in [0.2, 0.25) is 0 Å². The number of amides is 1. The van der Waals surface area contributed by atoms with Gasteiger partial charge >= 0.3 is 0 Å². The maximum absolute atomic E-state index is 13.1. The summed E-state index contributed by atoms with van der Waals surface area (Å²) < 4.78 is 15.1. The molecule has 20 heavy (non-hydrogen) atoms. The van der Waals surface area contributed by atoms with Crippen molar-refractivity contribution in [1.29, 1.82) is 0 Å². The molecule has 1 aliphatic rings. The molecule has 0 bridgehead atoms. The smallest absolute Gasteiger partial charge is 0.246 e. The van der Waals surface area contributed by atoms with E-state index in [1.165, 1.54) is 12.1 Å². The maximum atomic E-state index is 13.1. The number of imidazole rings is 1. The lowest BCUT2D eigenvalue weighted by atomic mass is 10.1. The van der Waals surface area contributed by atoms with Crippen LogP contribution in [0.1, 0.15) is 18.0 Å². The van der Waals surface area contributed by atoms with Crippen LogP contribution in [-0.2, 0) is 11.3 Å². The molecule has 0 aliphatic carbocycles. The van der Waals surface area contributed by atoms with E-state index in [1.807, 2.05) is 10.8 Å². The Morgan fingerprint density at radius 2 is 2.35 bits per heavy atom. The zero-order chi connectivity index (χ0) is 13.9. The number of carbonyl (C=O) groups is 1. The lowest BCUT2D eigenvalue weighted by molar-refractivity contribution is -0.117. The minimum Gasteiger partial charge on any atom is -0.337 e. The molecule has 104 valence electrons. The normalized spacial score (nSPS) is 17.1. The summed E-state index contributed by atoms with van der Waals surface area (Å²) in [6.45, 7) is 1.55. The molecule has 2 aromatic rings. The van der Waals surface area contributed by atoms with Crippen LogP contribution < -0.4 is 10.6 Å². The highest BCUT2D eigenvalue weighted by Crippen LogP contribution is 2.31. The summed E-state index contributed by atoms with van der Waals surface area (Å²) in [6.07, 6.45) is 6.29. The molecular formula is C14H15FN4O. The quantitative estimate of drug-likeness (QED) is 0.816. The molecule has 1 atom stereocenters. The largest absolute Gasteiger partial charge is 0.337 e. The molecule has 2 heterocycles. The van der Waals surface area contributed by atoms with Crippen molar-refractivity contribution in [2.45, 2.75) is 19.0 Å². The third-order valence-electron chi connectivity index (χ3n) is 3.35. The fourth-order valence-corrected chi connectivity index (χ4v) is 2.36. The first-order valence-corrected chi connectivity index (χ1v) is 6.53. The topological polar surface area (TPSA) is 59.0 Å². The van der Waals surface area contributed by atoms with E-state index in [2.05, 4.69) is 15.6 Å². The summed E-state index contributed by atoms with van der Waals surface area (Å²) >= 11 is 0. The van der Waals surface area contributed by atoms with Crippen LogP contribution in [-0.4, -0.2) is 22.0 Å². The van der Waals surface area contributed by atoms with Crippen LogP contribution >= 0.6 is 0 Å². The number of carbonyl (C=O) groups excluding carboxylic acids is 1. The number of nitrogens with one attached hydrogen (secondary N) is 2. The molecule has 2 N–H and O–H groups in total. The molecule has 5 nitrogen and oxygen atoms in total. The number of hydrogen-bond donors (Lipinski definition) is 2. The molecule has 1 amide bonds. The van der Waals surface area contributed by atoms with E-state index in [1.54, 1.807) is 18.6 Å². The molecule has 1 aromatic heterocycles. The summed E-state index contributed by atoms with van der Waals surface area (Å²) in [4.78, 5) is 15.8. The van der Waals surface area contributed by atoms with Gasteiger partial charge in [0, 0.05) is 30.2 Å². The van der Waals surface area contributed by atoms with Crippen molar-refractivity contribution in [1.82, 2.24) is 14.9 Å². The molecule has 1 unspecified atom stereocenters. The first kappa shape index (κ1) is 12.8. The Bertz CT molecular complexity index is 612. The van der Waals surface area contributed by atoms with Gasteiger partial charge in [0.2, 0.25) is 5.91 Å². The van der Waals surface area contributed by atoms with Crippen molar-refractivity contribution in [3.8, 4) is 0 Å². The van der Waals surface area contributed by atoms with Crippen molar-refractivity contribution < 1.29 is 9.18 Å². The number of rotatable bonds is 5. The van der Waals surface area contributed by atoms with Gasteiger partial charge in [-0.15, -0.1) is 0 Å². The first-order valence-electron chi connectivity index (χ1n) is 6.53. The van der Waals surface area contributed by atoms with E-state index in [4.69, 9.17) is 0 Å². The fraction of sp³-hybridized carbons (Fsp3) is 0.286. The fourth-order valence-electron chi connectivity index (χ4n) is 2.36. The summed E-state index contributed by atoms with van der Waals surface area (Å²) in [5.74, 6) is -0.474. The van der Waals surface area contributed by atoms with Gasteiger partial charge in [-0.3, -0.25) is 4.79 Å². The van der Waals surface area contributed by atoms with Gasteiger partial charge in [0.15, 0.2) is 0 Å². The molecule has 0 fully saturated rings. The predicted octanol–water partition coefficient (Wildman–Crippen LogP) is 1.70. The Morgan fingerprint density at radius 1 is 1.45 bits per heavy atom. The van der Waals surface area contributed by atoms with Crippen molar-refractivity contribution in [3.63, 3.8) is 0 Å². The molecule has 0 spiro atoms. The van der Waals surface area contributed by atoms with E-state index in [0.29, 0.717) is 12.2 Å². The highest BCUT2D eigenvalue weighted by molar-refractivity contribution is 6.02. The highest BCUT2D eigenvalue weighted by Gasteiger charge is 2.29. The van der Waals surface area contributed by atoms with Crippen LogP contribution in [0, 0.1) is 5.82 Å². The van der Waals surface area contributed by atoms with Crippen LogP contribution in [0.4, 0.5) is 10.1 Å². The SMILES string of the molecule is O=C1Nc2cc(F)ccc2C1NCCCn1ccnc1. The van der Waals surface area contributed by atoms with Gasteiger partial charge in [0.1, 0.15) is 11.9 Å². The lowest BCUT2D eigenvalue weighted by Gasteiger charge is -2.11. The minimum absolute atomic E-state index is 0.131. The number of fused-ring (bicyclic) bond motifs is 1. The monoisotopic (exact) mass is 274 g/mol. The van der Waals surface area contributed by atoms with Gasteiger partial charge in [-0.05, 0) is 25.1 Å². The summed E-state index contributed by atoms with van der Waals surface area (Å²) in [5.41, 5.74) is 1.36. The Kier molecular flexibility index (Phi) is 3.47. The van der Waals surface area contributed by atoms with Crippen LogP contribution in [0.3, 0.4) is 0 Å². The molecule has 3 rings (SSSR count). The van der Waals surface area contributed by atoms with Gasteiger partial charge in [-0.1, -0.05) is 6.07 Å². The number of benzene rings is 1. The van der Waals surface area contributed by atoms with Crippen molar-refractivity contribution in [3.05, 3.63) is 48.3 Å². The number of anilines is 1. The zero-order valence-electron chi connectivity index (χ0n) is 10.8. The molecule has 0 saturated heterocycles. The van der Waals surface area contributed by atoms with Crippen molar-refractivity contribution in [2.24, 2.45) is 0 Å². The summed E-state index contributed by atoms with van der Waals surface area (Å²) in [5, 5.41) is 5.89. The standard InChI is InChI=1S/C14H15FN4O/c15-10-2-3-11-12(8-10)18-14(20)13(11)17-4-1-6-19-7-5-16-9-19/h2-3,5,7-9,13,17H,1,4,6H2,(H,18,20). The average molecular weight is 274 g/mol. The van der Waals surface area contributed by atoms with Gasteiger partial charge in [0.25, 0.3) is 0 Å². The van der Waals surface area contributed by atoms with Gasteiger partial charge in [-0.2, -0.15) is 0 Å². The number of aromatic nitrogens is 2. The zero-order valence-corrected chi connectivity index (χ0v) is 10.8. The average Bonchev–Trinajstić information content (AvgIpc) is 3.02. The molecule has 0 saturated carbocycles. The Hall–Kier alpha value is -2.21. The summed E-state index contributed by atoms with van der Waals surface area (Å²) in [6, 6.07) is 3.98. The number of aryl methyl sites for hydroxylation is 1. The van der Waals surface area contributed by atoms with E-state index >= 15 is 0 Å². The Morgan fingerprint density at radius 3 is 3.15 bits per heavy atom. The second kappa shape index (κ2) is 5.42. The van der Waals surface area contributed by atoms with Crippen LogP contribution in [0.15, 0.2) is 36.9 Å². The van der Waals surface area contributed by atoms with Crippen LogP contribution in [0.5, 0.6) is 0 Å². The first-order chi connectivity index (χ1) is 9.74. The number of nitrogens with zero attached hydrogens (tertiary/aromatic N) is 2. The third-order valence-corrected chi connectivity index (χ3v) is 3.35. The molecular weight excluding hydrogens is 259 g/mol.